The summed E-state index contributed by atoms with van der Waals surface area (Å²) in [6, 6.07) is 3.88. The van der Waals surface area contributed by atoms with Crippen molar-refractivity contribution < 1.29 is 0 Å². The first-order valence-electron chi connectivity index (χ1n) is 3.94. The molecule has 0 saturated carbocycles. The molecular weight excluding hydrogens is 230 g/mol. The highest BCUT2D eigenvalue weighted by molar-refractivity contribution is 9.10. The lowest BCUT2D eigenvalue weighted by atomic mass is 10.3. The Morgan fingerprint density at radius 3 is 3.08 bits per heavy atom. The first kappa shape index (κ1) is 8.44. The van der Waals surface area contributed by atoms with Crippen molar-refractivity contribution in [2.24, 2.45) is 0 Å². The molecule has 0 bridgehead atoms. The molecule has 2 rings (SSSR count). The van der Waals surface area contributed by atoms with E-state index in [-0.39, 0.29) is 0 Å². The molecule has 13 heavy (non-hydrogen) atoms. The molecule has 0 atom stereocenters. The van der Waals surface area contributed by atoms with Gasteiger partial charge in [0.2, 0.25) is 0 Å². The van der Waals surface area contributed by atoms with Crippen LogP contribution in [0.15, 0.2) is 29.0 Å². The average Bonchev–Trinajstić information content (AvgIpc) is 2.44. The summed E-state index contributed by atoms with van der Waals surface area (Å²) in [4.78, 5) is 4.21. The summed E-state index contributed by atoms with van der Waals surface area (Å²) in [5.74, 6) is 0. The fraction of sp³-hybridized carbons (Fsp3) is 0.111. The number of hydrogen-bond donors (Lipinski definition) is 0. The lowest BCUT2D eigenvalue weighted by Crippen LogP contribution is -1.91. The van der Waals surface area contributed by atoms with Crippen molar-refractivity contribution in [1.82, 2.24) is 14.6 Å². The molecule has 0 aromatic carbocycles. The molecule has 0 fully saturated rings. The third-order valence-electron chi connectivity index (χ3n) is 1.65. The van der Waals surface area contributed by atoms with E-state index in [1.165, 1.54) is 0 Å². The fourth-order valence-electron chi connectivity index (χ4n) is 1.13. The normalized spacial score (nSPS) is 11.5. The van der Waals surface area contributed by atoms with Crippen LogP contribution in [0.5, 0.6) is 0 Å². The molecule has 0 aliphatic rings. The van der Waals surface area contributed by atoms with Crippen LogP contribution in [0.1, 0.15) is 12.6 Å². The van der Waals surface area contributed by atoms with Gasteiger partial charge < -0.3 is 0 Å². The van der Waals surface area contributed by atoms with Crippen LogP contribution >= 0.6 is 15.9 Å². The largest absolute Gasteiger partial charge is 0.220 e. The minimum absolute atomic E-state index is 0.803. The molecule has 2 heterocycles. The van der Waals surface area contributed by atoms with Crippen LogP contribution in [-0.4, -0.2) is 14.6 Å². The van der Waals surface area contributed by atoms with Gasteiger partial charge in [0.15, 0.2) is 5.65 Å². The van der Waals surface area contributed by atoms with E-state index >= 15 is 0 Å². The van der Waals surface area contributed by atoms with Crippen LogP contribution in [0.2, 0.25) is 0 Å². The Labute approximate surface area is 84.2 Å². The molecule has 0 unspecified atom stereocenters. The van der Waals surface area contributed by atoms with Crippen LogP contribution in [0.4, 0.5) is 0 Å². The second-order valence-corrected chi connectivity index (χ2v) is 3.44. The van der Waals surface area contributed by atoms with Crippen molar-refractivity contribution in [2.75, 3.05) is 0 Å². The summed E-state index contributed by atoms with van der Waals surface area (Å²) in [5, 5.41) is 4.32. The summed E-state index contributed by atoms with van der Waals surface area (Å²) >= 11 is 3.30. The van der Waals surface area contributed by atoms with Crippen LogP contribution in [-0.2, 0) is 0 Å². The molecule has 0 aliphatic carbocycles. The maximum Gasteiger partial charge on any atom is 0.154 e. The average molecular weight is 238 g/mol. The summed E-state index contributed by atoms with van der Waals surface area (Å²) < 4.78 is 2.55. The van der Waals surface area contributed by atoms with Gasteiger partial charge in [0, 0.05) is 0 Å². The van der Waals surface area contributed by atoms with Gasteiger partial charge in [0.05, 0.1) is 11.9 Å². The SMILES string of the molecule is CC=Cc1ccc2nc(Br)cn2n1. The van der Waals surface area contributed by atoms with Gasteiger partial charge in [-0.05, 0) is 41.1 Å². The van der Waals surface area contributed by atoms with Gasteiger partial charge in [-0.3, -0.25) is 0 Å². The Balaban J connectivity index is 2.61. The van der Waals surface area contributed by atoms with Crippen molar-refractivity contribution in [1.29, 1.82) is 0 Å². The van der Waals surface area contributed by atoms with Crippen LogP contribution in [0.3, 0.4) is 0 Å². The third-order valence-corrected chi connectivity index (χ3v) is 2.03. The van der Waals surface area contributed by atoms with Crippen molar-refractivity contribution in [2.45, 2.75) is 6.92 Å². The number of aromatic nitrogens is 3. The molecule has 4 heteroatoms. The predicted octanol–water partition coefficient (Wildman–Crippen LogP) is 2.52. The quantitative estimate of drug-likeness (QED) is 0.764. The second kappa shape index (κ2) is 3.30. The number of fused-ring (bicyclic) bond motifs is 1. The maximum absolute atomic E-state index is 4.32. The highest BCUT2D eigenvalue weighted by atomic mass is 79.9. The van der Waals surface area contributed by atoms with Gasteiger partial charge in [-0.1, -0.05) is 6.08 Å². The first-order chi connectivity index (χ1) is 6.29. The Kier molecular flexibility index (Phi) is 2.14. The van der Waals surface area contributed by atoms with E-state index in [1.807, 2.05) is 37.4 Å². The molecular formula is C9H8BrN3. The van der Waals surface area contributed by atoms with Crippen molar-refractivity contribution in [3.8, 4) is 0 Å². The van der Waals surface area contributed by atoms with Gasteiger partial charge in [0.25, 0.3) is 0 Å². The topological polar surface area (TPSA) is 30.2 Å². The van der Waals surface area contributed by atoms with E-state index in [4.69, 9.17) is 0 Å². The number of rotatable bonds is 1. The van der Waals surface area contributed by atoms with Gasteiger partial charge >= 0.3 is 0 Å². The third kappa shape index (κ3) is 1.62. The van der Waals surface area contributed by atoms with Gasteiger partial charge in [-0.2, -0.15) is 5.10 Å². The standard InChI is InChI=1S/C9H8BrN3/c1-2-3-7-4-5-9-11-8(10)6-13(9)12-7/h2-6H,1H3. The molecule has 0 radical (unpaired) electrons. The molecule has 0 spiro atoms. The number of hydrogen-bond acceptors (Lipinski definition) is 2. The molecule has 0 amide bonds. The monoisotopic (exact) mass is 237 g/mol. The second-order valence-electron chi connectivity index (χ2n) is 2.62. The maximum atomic E-state index is 4.32. The smallest absolute Gasteiger partial charge is 0.154 e. The van der Waals surface area contributed by atoms with Crippen molar-refractivity contribution in [3.63, 3.8) is 0 Å². The Morgan fingerprint density at radius 1 is 1.46 bits per heavy atom. The number of halogens is 1. The zero-order chi connectivity index (χ0) is 9.26. The highest BCUT2D eigenvalue weighted by Gasteiger charge is 1.98. The molecule has 3 nitrogen and oxygen atoms in total. The summed E-state index contributed by atoms with van der Waals surface area (Å²) in [5.41, 5.74) is 1.78. The van der Waals surface area contributed by atoms with Gasteiger partial charge in [-0.25, -0.2) is 9.50 Å². The molecule has 2 aromatic rings. The molecule has 0 N–H and O–H groups in total. The van der Waals surface area contributed by atoms with E-state index < -0.39 is 0 Å². The molecule has 2 aromatic heterocycles. The fourth-order valence-corrected chi connectivity index (χ4v) is 1.50. The van der Waals surface area contributed by atoms with Crippen molar-refractivity contribution in [3.05, 3.63) is 34.7 Å². The Hall–Kier alpha value is -1.16. The lowest BCUT2D eigenvalue weighted by Gasteiger charge is -1.93. The van der Waals surface area contributed by atoms with Crippen molar-refractivity contribution >= 4 is 27.7 Å². The van der Waals surface area contributed by atoms with Gasteiger partial charge in [-0.15, -0.1) is 0 Å². The highest BCUT2D eigenvalue weighted by Crippen LogP contribution is 2.10. The molecule has 0 aliphatic heterocycles. The van der Waals surface area contributed by atoms with Crippen LogP contribution in [0, 0.1) is 0 Å². The van der Waals surface area contributed by atoms with Gasteiger partial charge in [0.1, 0.15) is 4.60 Å². The van der Waals surface area contributed by atoms with E-state index in [9.17, 15) is 0 Å². The minimum atomic E-state index is 0.803. The van der Waals surface area contributed by atoms with Crippen LogP contribution in [0.25, 0.3) is 11.7 Å². The van der Waals surface area contributed by atoms with Crippen LogP contribution < -0.4 is 0 Å². The zero-order valence-electron chi connectivity index (χ0n) is 7.11. The Bertz CT molecular complexity index is 459. The van der Waals surface area contributed by atoms with E-state index in [0.29, 0.717) is 0 Å². The predicted molar refractivity (Wildman–Crippen MR) is 55.4 cm³/mol. The van der Waals surface area contributed by atoms with E-state index in [1.54, 1.807) is 4.52 Å². The summed E-state index contributed by atoms with van der Waals surface area (Å²) in [7, 11) is 0. The zero-order valence-corrected chi connectivity index (χ0v) is 8.69. The molecule has 66 valence electrons. The van der Waals surface area contributed by atoms with E-state index in [2.05, 4.69) is 26.0 Å². The Morgan fingerprint density at radius 2 is 2.31 bits per heavy atom. The number of allylic oxidation sites excluding steroid dienone is 1. The molecule has 0 saturated heterocycles. The number of nitrogens with zero attached hydrogens (tertiary/aromatic N) is 3. The van der Waals surface area contributed by atoms with E-state index in [0.717, 1.165) is 15.9 Å². The number of imidazole rings is 1. The first-order valence-corrected chi connectivity index (χ1v) is 4.73. The minimum Gasteiger partial charge on any atom is -0.220 e. The lowest BCUT2D eigenvalue weighted by molar-refractivity contribution is 0.925. The summed E-state index contributed by atoms with van der Waals surface area (Å²) in [6.07, 6.45) is 5.75. The summed E-state index contributed by atoms with van der Waals surface area (Å²) in [6.45, 7) is 1.97.